The molecular formula is C19H26N2O4S. The lowest BCUT2D eigenvalue weighted by molar-refractivity contribution is -0.138. The van der Waals surface area contributed by atoms with Crippen LogP contribution in [-0.2, 0) is 14.4 Å². The fourth-order valence-electron chi connectivity index (χ4n) is 2.71. The van der Waals surface area contributed by atoms with E-state index in [9.17, 15) is 14.4 Å². The summed E-state index contributed by atoms with van der Waals surface area (Å²) in [7, 11) is 0. The highest BCUT2D eigenvalue weighted by Gasteiger charge is 2.35. The molecule has 1 heterocycles. The largest absolute Gasteiger partial charge is 0.481 e. The van der Waals surface area contributed by atoms with Gasteiger partial charge in [0.05, 0.1) is 11.8 Å². The van der Waals surface area contributed by atoms with Crippen LogP contribution in [0.25, 0.3) is 0 Å². The second-order valence-corrected chi connectivity index (χ2v) is 8.79. The molecule has 2 atom stereocenters. The number of nitrogens with zero attached hydrogens (tertiary/aromatic N) is 1. The fraction of sp³-hybridized carbons (Fsp3) is 0.526. The maximum Gasteiger partial charge on any atom is 0.310 e. The number of thioether (sulfide) groups is 1. The number of carboxylic acids is 1. The van der Waals surface area contributed by atoms with Crippen molar-refractivity contribution >= 4 is 35.2 Å². The smallest absolute Gasteiger partial charge is 0.310 e. The molecule has 26 heavy (non-hydrogen) atoms. The minimum Gasteiger partial charge on any atom is -0.481 e. The molecule has 2 N–H and O–H groups in total. The molecule has 1 saturated heterocycles. The number of carbonyl (C=O) groups excluding carboxylic acids is 2. The van der Waals surface area contributed by atoms with Crippen molar-refractivity contribution in [3.63, 3.8) is 0 Å². The van der Waals surface area contributed by atoms with Crippen LogP contribution in [-0.4, -0.2) is 45.5 Å². The summed E-state index contributed by atoms with van der Waals surface area (Å²) in [5.41, 5.74) is 1.03. The van der Waals surface area contributed by atoms with Gasteiger partial charge in [-0.2, -0.15) is 0 Å². The Bertz CT molecular complexity index is 699. The zero-order valence-corrected chi connectivity index (χ0v) is 16.4. The normalized spacial score (nSPS) is 18.5. The highest BCUT2D eigenvalue weighted by molar-refractivity contribution is 7.99. The summed E-state index contributed by atoms with van der Waals surface area (Å²) in [5, 5.41) is 12.0. The van der Waals surface area contributed by atoms with Gasteiger partial charge in [-0.15, -0.1) is 11.8 Å². The van der Waals surface area contributed by atoms with E-state index in [-0.39, 0.29) is 17.2 Å². The molecule has 2 unspecified atom stereocenters. The SMILES string of the molecule is CC(C(=O)O)c1cccc(NC(=O)C2CSCN2C(=O)CC(C)(C)C)c1. The lowest BCUT2D eigenvalue weighted by Crippen LogP contribution is -2.45. The first-order chi connectivity index (χ1) is 12.1. The van der Waals surface area contributed by atoms with E-state index in [1.54, 1.807) is 47.9 Å². The van der Waals surface area contributed by atoms with Gasteiger partial charge in [-0.3, -0.25) is 14.4 Å². The van der Waals surface area contributed by atoms with Crippen LogP contribution in [0.4, 0.5) is 5.69 Å². The van der Waals surface area contributed by atoms with Gasteiger partial charge in [-0.25, -0.2) is 0 Å². The van der Waals surface area contributed by atoms with Crippen LogP contribution in [0.5, 0.6) is 0 Å². The summed E-state index contributed by atoms with van der Waals surface area (Å²) < 4.78 is 0. The molecule has 1 aliphatic rings. The zero-order valence-electron chi connectivity index (χ0n) is 15.6. The predicted molar refractivity (Wildman–Crippen MR) is 103 cm³/mol. The minimum atomic E-state index is -0.917. The Morgan fingerprint density at radius 1 is 1.35 bits per heavy atom. The molecule has 142 valence electrons. The Balaban J connectivity index is 2.08. The first kappa shape index (κ1) is 20.3. The molecule has 0 radical (unpaired) electrons. The van der Waals surface area contributed by atoms with E-state index in [1.165, 1.54) is 0 Å². The van der Waals surface area contributed by atoms with Gasteiger partial charge in [0, 0.05) is 17.9 Å². The molecule has 6 nitrogen and oxygen atoms in total. The number of carboxylic acid groups (broad SMARTS) is 1. The Labute approximate surface area is 158 Å². The topological polar surface area (TPSA) is 86.7 Å². The lowest BCUT2D eigenvalue weighted by atomic mass is 9.91. The Morgan fingerprint density at radius 2 is 2.04 bits per heavy atom. The summed E-state index contributed by atoms with van der Waals surface area (Å²) in [6.07, 6.45) is 0.392. The highest BCUT2D eigenvalue weighted by Crippen LogP contribution is 2.27. The molecule has 0 spiro atoms. The summed E-state index contributed by atoms with van der Waals surface area (Å²) in [5.74, 6) is -0.748. The first-order valence-corrected chi connectivity index (χ1v) is 9.75. The van der Waals surface area contributed by atoms with Gasteiger partial charge in [0.2, 0.25) is 11.8 Å². The summed E-state index contributed by atoms with van der Waals surface area (Å²) in [6, 6.07) is 6.32. The number of amides is 2. The predicted octanol–water partition coefficient (Wildman–Crippen LogP) is 3.15. The van der Waals surface area contributed by atoms with Crippen LogP contribution in [0.3, 0.4) is 0 Å². The third kappa shape index (κ3) is 5.24. The second kappa shape index (κ2) is 8.12. The van der Waals surface area contributed by atoms with Gasteiger partial charge >= 0.3 is 5.97 Å². The summed E-state index contributed by atoms with van der Waals surface area (Å²) in [4.78, 5) is 38.0. The quantitative estimate of drug-likeness (QED) is 0.822. The number of anilines is 1. The van der Waals surface area contributed by atoms with Crippen molar-refractivity contribution in [2.75, 3.05) is 16.9 Å². The van der Waals surface area contributed by atoms with Gasteiger partial charge in [-0.05, 0) is 30.0 Å². The maximum absolute atomic E-state index is 12.7. The number of benzene rings is 1. The van der Waals surface area contributed by atoms with E-state index in [0.717, 1.165) is 0 Å². The Hall–Kier alpha value is -2.02. The van der Waals surface area contributed by atoms with Gasteiger partial charge in [0.25, 0.3) is 0 Å². The molecule has 2 amide bonds. The monoisotopic (exact) mass is 378 g/mol. The van der Waals surface area contributed by atoms with Crippen molar-refractivity contribution in [3.8, 4) is 0 Å². The lowest BCUT2D eigenvalue weighted by Gasteiger charge is -2.27. The standard InChI is InChI=1S/C19H26N2O4S/c1-12(18(24)25)13-6-5-7-14(8-13)20-17(23)15-10-26-11-21(15)16(22)9-19(2,3)4/h5-8,12,15H,9-11H2,1-4H3,(H,20,23)(H,24,25). The van der Waals surface area contributed by atoms with Crippen molar-refractivity contribution in [2.24, 2.45) is 5.41 Å². The molecule has 0 aliphatic carbocycles. The van der Waals surface area contributed by atoms with E-state index in [0.29, 0.717) is 29.3 Å². The summed E-state index contributed by atoms with van der Waals surface area (Å²) in [6.45, 7) is 7.60. The fourth-order valence-corrected chi connectivity index (χ4v) is 3.90. The van der Waals surface area contributed by atoms with Crippen molar-refractivity contribution in [1.82, 2.24) is 4.90 Å². The van der Waals surface area contributed by atoms with Crippen molar-refractivity contribution in [1.29, 1.82) is 0 Å². The number of nitrogens with one attached hydrogen (secondary N) is 1. The number of aliphatic carboxylic acids is 1. The molecule has 0 saturated carbocycles. The van der Waals surface area contributed by atoms with Crippen LogP contribution in [0.15, 0.2) is 24.3 Å². The Kier molecular flexibility index (Phi) is 6.34. The molecule has 1 aliphatic heterocycles. The van der Waals surface area contributed by atoms with E-state index >= 15 is 0 Å². The van der Waals surface area contributed by atoms with Crippen LogP contribution in [0, 0.1) is 5.41 Å². The Morgan fingerprint density at radius 3 is 2.65 bits per heavy atom. The van der Waals surface area contributed by atoms with Crippen LogP contribution in [0.1, 0.15) is 45.6 Å². The molecule has 0 bridgehead atoms. The first-order valence-electron chi connectivity index (χ1n) is 8.59. The van der Waals surface area contributed by atoms with Crippen molar-refractivity contribution < 1.29 is 19.5 Å². The molecule has 1 aromatic carbocycles. The maximum atomic E-state index is 12.7. The third-order valence-electron chi connectivity index (χ3n) is 4.21. The highest BCUT2D eigenvalue weighted by atomic mass is 32.2. The van der Waals surface area contributed by atoms with E-state index in [2.05, 4.69) is 5.32 Å². The average molecular weight is 378 g/mol. The molecule has 1 aromatic rings. The second-order valence-electron chi connectivity index (χ2n) is 7.79. The van der Waals surface area contributed by atoms with E-state index in [1.807, 2.05) is 20.8 Å². The van der Waals surface area contributed by atoms with Gasteiger partial charge in [-0.1, -0.05) is 32.9 Å². The minimum absolute atomic E-state index is 0.0177. The van der Waals surface area contributed by atoms with Gasteiger partial charge in [0.15, 0.2) is 0 Å². The van der Waals surface area contributed by atoms with Crippen molar-refractivity contribution in [2.45, 2.75) is 46.1 Å². The number of carbonyl (C=O) groups is 3. The van der Waals surface area contributed by atoms with Crippen LogP contribution < -0.4 is 5.32 Å². The number of rotatable bonds is 5. The third-order valence-corrected chi connectivity index (χ3v) is 5.22. The van der Waals surface area contributed by atoms with Gasteiger partial charge < -0.3 is 15.3 Å². The molecule has 0 aromatic heterocycles. The van der Waals surface area contributed by atoms with E-state index in [4.69, 9.17) is 5.11 Å². The number of hydrogen-bond acceptors (Lipinski definition) is 4. The molecular weight excluding hydrogens is 352 g/mol. The van der Waals surface area contributed by atoms with Crippen LogP contribution >= 0.6 is 11.8 Å². The van der Waals surface area contributed by atoms with Crippen molar-refractivity contribution in [3.05, 3.63) is 29.8 Å². The molecule has 7 heteroatoms. The molecule has 1 fully saturated rings. The molecule has 2 rings (SSSR count). The van der Waals surface area contributed by atoms with Crippen LogP contribution in [0.2, 0.25) is 0 Å². The van der Waals surface area contributed by atoms with Gasteiger partial charge in [0.1, 0.15) is 6.04 Å². The van der Waals surface area contributed by atoms with E-state index < -0.39 is 17.9 Å². The average Bonchev–Trinajstić information content (AvgIpc) is 3.02. The number of hydrogen-bond donors (Lipinski definition) is 2. The zero-order chi connectivity index (χ0) is 19.5. The summed E-state index contributed by atoms with van der Waals surface area (Å²) >= 11 is 1.56.